The van der Waals surface area contributed by atoms with E-state index in [1.165, 1.54) is 19.1 Å². The lowest BCUT2D eigenvalue weighted by molar-refractivity contribution is -0.387. The Bertz CT molecular complexity index is 510. The van der Waals surface area contributed by atoms with Crippen LogP contribution in [-0.4, -0.2) is 21.2 Å². The van der Waals surface area contributed by atoms with Gasteiger partial charge in [0.2, 0.25) is 0 Å². The number of aliphatic carboxylic acids is 1. The van der Waals surface area contributed by atoms with E-state index in [9.17, 15) is 14.9 Å². The van der Waals surface area contributed by atoms with Crippen molar-refractivity contribution in [1.82, 2.24) is 0 Å². The zero-order chi connectivity index (χ0) is 13.0. The molecule has 0 aliphatic heterocycles. The standard InChI is InChI=1S/C10H8N2O4S/c1-6(10(13)14)17-9-3-2-7(5-11)4-8(9)12(15)16/h2-4,6H,1H3,(H,13,14)/t6-/m1/s1. The summed E-state index contributed by atoms with van der Waals surface area (Å²) in [4.78, 5) is 21.1. The van der Waals surface area contributed by atoms with Gasteiger partial charge in [0.25, 0.3) is 5.69 Å². The van der Waals surface area contributed by atoms with Crippen LogP contribution in [-0.2, 0) is 4.79 Å². The first-order valence-electron chi connectivity index (χ1n) is 4.53. The van der Waals surface area contributed by atoms with Crippen molar-refractivity contribution in [3.05, 3.63) is 33.9 Å². The highest BCUT2D eigenvalue weighted by Crippen LogP contribution is 2.32. The van der Waals surface area contributed by atoms with E-state index >= 15 is 0 Å². The van der Waals surface area contributed by atoms with Crippen molar-refractivity contribution in [2.45, 2.75) is 17.1 Å². The van der Waals surface area contributed by atoms with E-state index in [1.807, 2.05) is 0 Å². The fraction of sp³-hybridized carbons (Fsp3) is 0.200. The molecule has 0 radical (unpaired) electrons. The zero-order valence-electron chi connectivity index (χ0n) is 8.78. The Hall–Kier alpha value is -2.07. The molecule has 0 bridgehead atoms. The van der Waals surface area contributed by atoms with Crippen molar-refractivity contribution in [3.8, 4) is 6.07 Å². The van der Waals surface area contributed by atoms with Gasteiger partial charge in [0.15, 0.2) is 0 Å². The zero-order valence-corrected chi connectivity index (χ0v) is 9.60. The number of thioether (sulfide) groups is 1. The second-order valence-electron chi connectivity index (χ2n) is 3.15. The Kier molecular flexibility index (Phi) is 4.06. The van der Waals surface area contributed by atoms with Gasteiger partial charge >= 0.3 is 5.97 Å². The molecule has 0 spiro atoms. The molecule has 0 saturated heterocycles. The molecule has 0 amide bonds. The maximum Gasteiger partial charge on any atom is 0.316 e. The molecular formula is C10H8N2O4S. The van der Waals surface area contributed by atoms with E-state index in [2.05, 4.69) is 0 Å². The second-order valence-corrected chi connectivity index (χ2v) is 4.53. The normalized spacial score (nSPS) is 11.5. The molecule has 0 heterocycles. The van der Waals surface area contributed by atoms with Crippen molar-refractivity contribution >= 4 is 23.4 Å². The Morgan fingerprint density at radius 2 is 2.29 bits per heavy atom. The van der Waals surface area contributed by atoms with Gasteiger partial charge in [-0.15, -0.1) is 11.8 Å². The molecule has 0 aromatic heterocycles. The molecule has 1 N–H and O–H groups in total. The van der Waals surface area contributed by atoms with Crippen molar-refractivity contribution in [3.63, 3.8) is 0 Å². The van der Waals surface area contributed by atoms with Crippen LogP contribution in [0.5, 0.6) is 0 Å². The SMILES string of the molecule is C[C@@H](Sc1ccc(C#N)cc1[N+](=O)[O-])C(=O)O. The molecule has 17 heavy (non-hydrogen) atoms. The summed E-state index contributed by atoms with van der Waals surface area (Å²) in [6, 6.07) is 5.74. The number of nitrogens with zero attached hydrogens (tertiary/aromatic N) is 2. The van der Waals surface area contributed by atoms with Gasteiger partial charge in [0.1, 0.15) is 5.25 Å². The van der Waals surface area contributed by atoms with Crippen LogP contribution < -0.4 is 0 Å². The maximum atomic E-state index is 10.8. The predicted octanol–water partition coefficient (Wildman–Crippen LogP) is 2.03. The highest BCUT2D eigenvalue weighted by Gasteiger charge is 2.20. The minimum absolute atomic E-state index is 0.170. The topological polar surface area (TPSA) is 104 Å². The summed E-state index contributed by atoms with van der Waals surface area (Å²) < 4.78 is 0. The molecule has 88 valence electrons. The van der Waals surface area contributed by atoms with Crippen LogP contribution >= 0.6 is 11.8 Å². The molecule has 1 aromatic rings. The fourth-order valence-electron chi connectivity index (χ4n) is 1.07. The van der Waals surface area contributed by atoms with Gasteiger partial charge in [-0.2, -0.15) is 5.26 Å². The lowest BCUT2D eigenvalue weighted by atomic mass is 10.2. The van der Waals surface area contributed by atoms with E-state index in [1.54, 1.807) is 6.07 Å². The molecule has 1 atom stereocenters. The highest BCUT2D eigenvalue weighted by atomic mass is 32.2. The minimum atomic E-state index is -1.05. The smallest absolute Gasteiger partial charge is 0.316 e. The summed E-state index contributed by atoms with van der Waals surface area (Å²) in [5, 5.41) is 27.3. The quantitative estimate of drug-likeness (QED) is 0.499. The van der Waals surface area contributed by atoms with Crippen molar-refractivity contribution < 1.29 is 14.8 Å². The van der Waals surface area contributed by atoms with Crippen LogP contribution in [0.25, 0.3) is 0 Å². The predicted molar refractivity (Wildman–Crippen MR) is 60.8 cm³/mol. The average molecular weight is 252 g/mol. The minimum Gasteiger partial charge on any atom is -0.480 e. The number of rotatable bonds is 4. The first kappa shape index (κ1) is 13.0. The van der Waals surface area contributed by atoms with Crippen LogP contribution in [0.1, 0.15) is 12.5 Å². The third-order valence-electron chi connectivity index (χ3n) is 1.94. The molecule has 0 saturated carbocycles. The summed E-state index contributed by atoms with van der Waals surface area (Å²) in [5.74, 6) is -1.05. The Morgan fingerprint density at radius 1 is 1.65 bits per heavy atom. The number of carboxylic acids is 1. The molecule has 0 aliphatic carbocycles. The van der Waals surface area contributed by atoms with Gasteiger partial charge in [-0.3, -0.25) is 14.9 Å². The lowest BCUT2D eigenvalue weighted by Crippen LogP contribution is -2.11. The van der Waals surface area contributed by atoms with Crippen molar-refractivity contribution in [1.29, 1.82) is 5.26 Å². The number of nitro groups is 1. The van der Waals surface area contributed by atoms with Gasteiger partial charge in [-0.05, 0) is 19.1 Å². The first-order valence-corrected chi connectivity index (χ1v) is 5.41. The summed E-state index contributed by atoms with van der Waals surface area (Å²) in [6.07, 6.45) is 0. The van der Waals surface area contributed by atoms with Gasteiger partial charge in [0, 0.05) is 6.07 Å². The van der Waals surface area contributed by atoms with Crippen LogP contribution in [0.4, 0.5) is 5.69 Å². The molecule has 0 fully saturated rings. The Balaban J connectivity index is 3.12. The average Bonchev–Trinajstić information content (AvgIpc) is 2.29. The number of nitro benzene ring substituents is 1. The van der Waals surface area contributed by atoms with Gasteiger partial charge < -0.3 is 5.11 Å². The van der Waals surface area contributed by atoms with Crippen LogP contribution in [0.2, 0.25) is 0 Å². The van der Waals surface area contributed by atoms with E-state index < -0.39 is 16.1 Å². The first-order chi connectivity index (χ1) is 7.95. The Morgan fingerprint density at radius 3 is 2.76 bits per heavy atom. The fourth-order valence-corrected chi connectivity index (χ4v) is 1.95. The molecule has 7 heteroatoms. The van der Waals surface area contributed by atoms with Crippen molar-refractivity contribution in [2.75, 3.05) is 0 Å². The summed E-state index contributed by atoms with van der Waals surface area (Å²) >= 11 is 0.875. The van der Waals surface area contributed by atoms with Crippen LogP contribution in [0.15, 0.2) is 23.1 Å². The molecule has 0 unspecified atom stereocenters. The number of nitriles is 1. The monoisotopic (exact) mass is 252 g/mol. The third kappa shape index (κ3) is 3.19. The number of carboxylic acid groups (broad SMARTS) is 1. The summed E-state index contributed by atoms with van der Waals surface area (Å²) in [6.45, 7) is 1.44. The van der Waals surface area contributed by atoms with E-state index in [-0.39, 0.29) is 16.1 Å². The number of benzene rings is 1. The maximum absolute atomic E-state index is 10.8. The number of hydrogen-bond acceptors (Lipinski definition) is 5. The van der Waals surface area contributed by atoms with E-state index in [4.69, 9.17) is 10.4 Å². The summed E-state index contributed by atoms with van der Waals surface area (Å²) in [5.41, 5.74) is -0.0776. The molecule has 1 aromatic carbocycles. The van der Waals surface area contributed by atoms with Gasteiger partial charge in [-0.1, -0.05) is 0 Å². The molecular weight excluding hydrogens is 244 g/mol. The largest absolute Gasteiger partial charge is 0.480 e. The second kappa shape index (κ2) is 5.32. The van der Waals surface area contributed by atoms with E-state index in [0.717, 1.165) is 17.8 Å². The van der Waals surface area contributed by atoms with E-state index in [0.29, 0.717) is 0 Å². The lowest BCUT2D eigenvalue weighted by Gasteiger charge is -2.06. The Labute approximate surface area is 101 Å². The highest BCUT2D eigenvalue weighted by molar-refractivity contribution is 8.00. The molecule has 6 nitrogen and oxygen atoms in total. The number of carbonyl (C=O) groups is 1. The summed E-state index contributed by atoms with van der Waals surface area (Å²) in [7, 11) is 0. The molecule has 0 aliphatic rings. The van der Waals surface area contributed by atoms with Crippen LogP contribution in [0, 0.1) is 21.4 Å². The molecule has 1 rings (SSSR count). The van der Waals surface area contributed by atoms with Gasteiger partial charge in [-0.25, -0.2) is 0 Å². The van der Waals surface area contributed by atoms with Crippen molar-refractivity contribution in [2.24, 2.45) is 0 Å². The number of hydrogen-bond donors (Lipinski definition) is 1. The third-order valence-corrected chi connectivity index (χ3v) is 3.09. The van der Waals surface area contributed by atoms with Crippen LogP contribution in [0.3, 0.4) is 0 Å². The van der Waals surface area contributed by atoms with Gasteiger partial charge in [0.05, 0.1) is 21.5 Å².